The van der Waals surface area contributed by atoms with E-state index in [1.165, 1.54) is 16.0 Å². The van der Waals surface area contributed by atoms with E-state index in [2.05, 4.69) is 37.0 Å². The van der Waals surface area contributed by atoms with E-state index in [1.54, 1.807) is 17.8 Å². The number of hydrogen-bond donors (Lipinski definition) is 0. The molecule has 0 spiro atoms. The molecule has 0 saturated heterocycles. The molecule has 0 bridgehead atoms. The van der Waals surface area contributed by atoms with Gasteiger partial charge in [-0.2, -0.15) is 0 Å². The Balaban J connectivity index is 2.07. The molecule has 1 aromatic carbocycles. The van der Waals surface area contributed by atoms with E-state index < -0.39 is 0 Å². The first kappa shape index (κ1) is 12.5. The third kappa shape index (κ3) is 3.48. The second-order valence-electron chi connectivity index (χ2n) is 4.01. The molecular weight excluding hydrogens is 250 g/mol. The van der Waals surface area contributed by atoms with Crippen LogP contribution in [0.4, 0.5) is 0 Å². The van der Waals surface area contributed by atoms with Crippen molar-refractivity contribution in [3.8, 4) is 0 Å². The molecule has 0 N–H and O–H groups in total. The normalized spacial score (nSPS) is 10.5. The SMILES string of the molecule is Cc1ccc(SCc2cccc(Cl)n2)c(C)c1. The Kier molecular flexibility index (Phi) is 4.08. The lowest BCUT2D eigenvalue weighted by molar-refractivity contribution is 1.17. The minimum atomic E-state index is 0.559. The molecule has 0 radical (unpaired) electrons. The highest BCUT2D eigenvalue weighted by Crippen LogP contribution is 2.26. The van der Waals surface area contributed by atoms with Crippen LogP contribution in [0.5, 0.6) is 0 Å². The van der Waals surface area contributed by atoms with Crippen LogP contribution in [0.2, 0.25) is 5.15 Å². The summed E-state index contributed by atoms with van der Waals surface area (Å²) >= 11 is 7.65. The zero-order chi connectivity index (χ0) is 12.3. The van der Waals surface area contributed by atoms with Crippen molar-refractivity contribution in [2.24, 2.45) is 0 Å². The van der Waals surface area contributed by atoms with E-state index in [9.17, 15) is 0 Å². The first-order valence-corrected chi connectivity index (χ1v) is 6.83. The van der Waals surface area contributed by atoms with Crippen molar-refractivity contribution in [3.05, 3.63) is 58.4 Å². The van der Waals surface area contributed by atoms with Gasteiger partial charge in [0.2, 0.25) is 0 Å². The fourth-order valence-corrected chi connectivity index (χ4v) is 2.74. The van der Waals surface area contributed by atoms with Crippen molar-refractivity contribution in [2.75, 3.05) is 0 Å². The van der Waals surface area contributed by atoms with Crippen LogP contribution in [0.3, 0.4) is 0 Å². The molecule has 0 aliphatic carbocycles. The summed E-state index contributed by atoms with van der Waals surface area (Å²) in [6.45, 7) is 4.25. The van der Waals surface area contributed by atoms with Gasteiger partial charge in [-0.25, -0.2) is 4.98 Å². The van der Waals surface area contributed by atoms with Crippen molar-refractivity contribution in [3.63, 3.8) is 0 Å². The third-order valence-electron chi connectivity index (χ3n) is 2.48. The van der Waals surface area contributed by atoms with E-state index in [-0.39, 0.29) is 0 Å². The Bertz CT molecular complexity index is 525. The smallest absolute Gasteiger partial charge is 0.129 e. The predicted octanol–water partition coefficient (Wildman–Crippen LogP) is 4.64. The highest BCUT2D eigenvalue weighted by molar-refractivity contribution is 7.98. The summed E-state index contributed by atoms with van der Waals surface area (Å²) in [6.07, 6.45) is 0. The van der Waals surface area contributed by atoms with Crippen LogP contribution in [0.15, 0.2) is 41.3 Å². The summed E-state index contributed by atoms with van der Waals surface area (Å²) in [5.41, 5.74) is 3.63. The topological polar surface area (TPSA) is 12.9 Å². The maximum absolute atomic E-state index is 5.86. The lowest BCUT2D eigenvalue weighted by Crippen LogP contribution is -1.88. The summed E-state index contributed by atoms with van der Waals surface area (Å²) in [6, 6.07) is 12.2. The van der Waals surface area contributed by atoms with Crippen LogP contribution in [0.1, 0.15) is 16.8 Å². The molecule has 0 atom stereocenters. The fraction of sp³-hybridized carbons (Fsp3) is 0.214. The van der Waals surface area contributed by atoms with Crippen molar-refractivity contribution in [2.45, 2.75) is 24.5 Å². The van der Waals surface area contributed by atoms with Crippen LogP contribution in [-0.4, -0.2) is 4.98 Å². The van der Waals surface area contributed by atoms with Gasteiger partial charge in [0, 0.05) is 10.6 Å². The first-order chi connectivity index (χ1) is 8.15. The number of pyridine rings is 1. The summed E-state index contributed by atoms with van der Waals surface area (Å²) in [7, 11) is 0. The summed E-state index contributed by atoms with van der Waals surface area (Å²) in [5.74, 6) is 0.852. The second-order valence-corrected chi connectivity index (χ2v) is 5.41. The maximum atomic E-state index is 5.86. The van der Waals surface area contributed by atoms with Crippen molar-refractivity contribution in [1.82, 2.24) is 4.98 Å². The van der Waals surface area contributed by atoms with E-state index in [4.69, 9.17) is 11.6 Å². The van der Waals surface area contributed by atoms with Gasteiger partial charge in [0.25, 0.3) is 0 Å². The van der Waals surface area contributed by atoms with Gasteiger partial charge < -0.3 is 0 Å². The first-order valence-electron chi connectivity index (χ1n) is 5.46. The number of halogens is 1. The molecule has 2 rings (SSSR count). The third-order valence-corrected chi connectivity index (χ3v) is 3.90. The Morgan fingerprint density at radius 2 is 2.00 bits per heavy atom. The monoisotopic (exact) mass is 263 g/mol. The average Bonchev–Trinajstić information content (AvgIpc) is 2.28. The molecule has 88 valence electrons. The number of aryl methyl sites for hydroxylation is 2. The highest BCUT2D eigenvalue weighted by Gasteiger charge is 2.01. The zero-order valence-corrected chi connectivity index (χ0v) is 11.5. The number of aromatic nitrogens is 1. The molecule has 0 fully saturated rings. The quantitative estimate of drug-likeness (QED) is 0.591. The van der Waals surface area contributed by atoms with Crippen LogP contribution < -0.4 is 0 Å². The average molecular weight is 264 g/mol. The van der Waals surface area contributed by atoms with Gasteiger partial charge in [0.05, 0.1) is 5.69 Å². The molecule has 3 heteroatoms. The van der Waals surface area contributed by atoms with Gasteiger partial charge in [-0.15, -0.1) is 11.8 Å². The van der Waals surface area contributed by atoms with E-state index in [1.807, 2.05) is 12.1 Å². The van der Waals surface area contributed by atoms with E-state index in [0.717, 1.165) is 11.4 Å². The molecule has 0 unspecified atom stereocenters. The molecular formula is C14H14ClNS. The zero-order valence-electron chi connectivity index (χ0n) is 9.90. The Morgan fingerprint density at radius 1 is 1.18 bits per heavy atom. The predicted molar refractivity (Wildman–Crippen MR) is 74.7 cm³/mol. The van der Waals surface area contributed by atoms with E-state index in [0.29, 0.717) is 5.15 Å². The van der Waals surface area contributed by atoms with Gasteiger partial charge in [0.1, 0.15) is 5.15 Å². The standard InChI is InChI=1S/C14H14ClNS/c1-10-6-7-13(11(2)8-10)17-9-12-4-3-5-14(15)16-12/h3-8H,9H2,1-2H3. The van der Waals surface area contributed by atoms with Crippen molar-refractivity contribution in [1.29, 1.82) is 0 Å². The Labute approximate surface area is 111 Å². The van der Waals surface area contributed by atoms with Crippen LogP contribution >= 0.6 is 23.4 Å². The van der Waals surface area contributed by atoms with Crippen LogP contribution in [0, 0.1) is 13.8 Å². The lowest BCUT2D eigenvalue weighted by Gasteiger charge is -2.06. The Hall–Kier alpha value is -0.990. The summed E-state index contributed by atoms with van der Waals surface area (Å²) < 4.78 is 0. The summed E-state index contributed by atoms with van der Waals surface area (Å²) in [4.78, 5) is 5.58. The van der Waals surface area contributed by atoms with Crippen LogP contribution in [0.25, 0.3) is 0 Å². The minimum absolute atomic E-state index is 0.559. The number of benzene rings is 1. The van der Waals surface area contributed by atoms with Crippen LogP contribution in [-0.2, 0) is 5.75 Å². The molecule has 17 heavy (non-hydrogen) atoms. The van der Waals surface area contributed by atoms with Crippen molar-refractivity contribution >= 4 is 23.4 Å². The largest absolute Gasteiger partial charge is 0.240 e. The fourth-order valence-electron chi connectivity index (χ4n) is 1.64. The molecule has 1 nitrogen and oxygen atoms in total. The maximum Gasteiger partial charge on any atom is 0.129 e. The van der Waals surface area contributed by atoms with Crippen molar-refractivity contribution < 1.29 is 0 Å². The number of hydrogen-bond acceptors (Lipinski definition) is 2. The molecule has 0 saturated carbocycles. The van der Waals surface area contributed by atoms with E-state index >= 15 is 0 Å². The van der Waals surface area contributed by atoms with Gasteiger partial charge in [-0.3, -0.25) is 0 Å². The molecule has 0 aliphatic rings. The number of rotatable bonds is 3. The number of nitrogens with zero attached hydrogens (tertiary/aromatic N) is 1. The second kappa shape index (κ2) is 5.56. The molecule has 0 amide bonds. The minimum Gasteiger partial charge on any atom is -0.240 e. The van der Waals surface area contributed by atoms with Gasteiger partial charge in [-0.1, -0.05) is 35.4 Å². The highest BCUT2D eigenvalue weighted by atomic mass is 35.5. The van der Waals surface area contributed by atoms with Gasteiger partial charge in [0.15, 0.2) is 0 Å². The summed E-state index contributed by atoms with van der Waals surface area (Å²) in [5, 5.41) is 0.559. The molecule has 1 heterocycles. The molecule has 1 aromatic heterocycles. The number of thioether (sulfide) groups is 1. The molecule has 2 aromatic rings. The molecule has 0 aliphatic heterocycles. The lowest BCUT2D eigenvalue weighted by atomic mass is 10.2. The Morgan fingerprint density at radius 3 is 2.71 bits per heavy atom. The van der Waals surface area contributed by atoms with Gasteiger partial charge >= 0.3 is 0 Å². The van der Waals surface area contributed by atoms with Gasteiger partial charge in [-0.05, 0) is 37.6 Å².